The van der Waals surface area contributed by atoms with Crippen molar-refractivity contribution < 1.29 is 4.42 Å². The third-order valence-corrected chi connectivity index (χ3v) is 3.71. The van der Waals surface area contributed by atoms with E-state index in [2.05, 4.69) is 20.1 Å². The minimum atomic E-state index is 0.645. The van der Waals surface area contributed by atoms with E-state index in [0.29, 0.717) is 5.92 Å². The second-order valence-corrected chi connectivity index (χ2v) is 5.10. The number of nitrogens with zero attached hydrogens (tertiary/aromatic N) is 3. The van der Waals surface area contributed by atoms with Gasteiger partial charge in [-0.25, -0.2) is 0 Å². The van der Waals surface area contributed by atoms with Gasteiger partial charge in [0.25, 0.3) is 0 Å². The Hall–Kier alpha value is -1.82. The highest BCUT2D eigenvalue weighted by molar-refractivity contribution is 5.55. The summed E-state index contributed by atoms with van der Waals surface area (Å²) in [6.07, 6.45) is 3.93. The van der Waals surface area contributed by atoms with Crippen molar-refractivity contribution in [3.63, 3.8) is 0 Å². The largest absolute Gasteiger partial charge is 0.469 e. The quantitative estimate of drug-likeness (QED) is 0.875. The Kier molecular flexibility index (Phi) is 3.25. The number of aromatic nitrogens is 3. The minimum absolute atomic E-state index is 0.645. The van der Waals surface area contributed by atoms with Crippen LogP contribution >= 0.6 is 0 Å². The molecular formula is C13H19N5O. The van der Waals surface area contributed by atoms with Crippen molar-refractivity contribution in [1.29, 1.82) is 0 Å². The molecule has 2 aromatic rings. The van der Waals surface area contributed by atoms with Gasteiger partial charge < -0.3 is 15.1 Å². The summed E-state index contributed by atoms with van der Waals surface area (Å²) in [5.41, 5.74) is 6.64. The highest BCUT2D eigenvalue weighted by Gasteiger charge is 2.21. The van der Waals surface area contributed by atoms with Crippen LogP contribution in [-0.4, -0.2) is 34.8 Å². The van der Waals surface area contributed by atoms with Crippen molar-refractivity contribution in [1.82, 2.24) is 15.2 Å². The monoisotopic (exact) mass is 261 g/mol. The number of aromatic amines is 1. The summed E-state index contributed by atoms with van der Waals surface area (Å²) < 4.78 is 5.29. The molecule has 3 heterocycles. The Morgan fingerprint density at radius 2 is 2.26 bits per heavy atom. The number of furan rings is 1. The van der Waals surface area contributed by atoms with Crippen molar-refractivity contribution in [3.8, 4) is 11.4 Å². The molecule has 1 saturated heterocycles. The summed E-state index contributed by atoms with van der Waals surface area (Å²) in [6.45, 7) is 4.65. The summed E-state index contributed by atoms with van der Waals surface area (Å²) in [6, 6.07) is 1.95. The highest BCUT2D eigenvalue weighted by atomic mass is 16.3. The van der Waals surface area contributed by atoms with Crippen molar-refractivity contribution in [2.45, 2.75) is 19.8 Å². The molecule has 0 unspecified atom stereocenters. The second kappa shape index (κ2) is 5.05. The number of hydrogen-bond acceptors (Lipinski definition) is 5. The predicted octanol–water partition coefficient (Wildman–Crippen LogP) is 1.55. The summed E-state index contributed by atoms with van der Waals surface area (Å²) in [4.78, 5) is 6.74. The summed E-state index contributed by atoms with van der Waals surface area (Å²) in [5, 5.41) is 7.26. The van der Waals surface area contributed by atoms with E-state index < -0.39 is 0 Å². The number of nitrogens with one attached hydrogen (secondary N) is 1. The van der Waals surface area contributed by atoms with E-state index in [9.17, 15) is 0 Å². The molecule has 0 aliphatic carbocycles. The van der Waals surface area contributed by atoms with Gasteiger partial charge >= 0.3 is 0 Å². The molecule has 0 saturated carbocycles. The van der Waals surface area contributed by atoms with Crippen LogP contribution in [-0.2, 0) is 0 Å². The standard InChI is InChI=1S/C13H19N5O/c1-9-6-11(8-19-9)12-15-13(17-16-12)18-4-2-10(7-14)3-5-18/h6,8,10H,2-5,7,14H2,1H3,(H,15,16,17). The molecule has 3 rings (SSSR count). The first-order valence-corrected chi connectivity index (χ1v) is 6.69. The van der Waals surface area contributed by atoms with Gasteiger partial charge in [-0.15, -0.1) is 5.10 Å². The zero-order valence-corrected chi connectivity index (χ0v) is 11.1. The molecule has 0 spiro atoms. The van der Waals surface area contributed by atoms with Gasteiger partial charge in [0.1, 0.15) is 12.0 Å². The van der Waals surface area contributed by atoms with Gasteiger partial charge in [0.15, 0.2) is 5.82 Å². The fourth-order valence-corrected chi connectivity index (χ4v) is 2.46. The molecule has 0 radical (unpaired) electrons. The third kappa shape index (κ3) is 2.49. The lowest BCUT2D eigenvalue weighted by Crippen LogP contribution is -2.36. The third-order valence-electron chi connectivity index (χ3n) is 3.71. The zero-order chi connectivity index (χ0) is 13.2. The Morgan fingerprint density at radius 1 is 1.47 bits per heavy atom. The Morgan fingerprint density at radius 3 is 2.89 bits per heavy atom. The molecule has 1 fully saturated rings. The maximum Gasteiger partial charge on any atom is 0.245 e. The van der Waals surface area contributed by atoms with E-state index in [1.54, 1.807) is 6.26 Å². The number of anilines is 1. The Labute approximate surface area is 112 Å². The van der Waals surface area contributed by atoms with Crippen molar-refractivity contribution in [3.05, 3.63) is 18.1 Å². The van der Waals surface area contributed by atoms with Gasteiger partial charge in [0.2, 0.25) is 5.95 Å². The van der Waals surface area contributed by atoms with Crippen LogP contribution in [0.2, 0.25) is 0 Å². The minimum Gasteiger partial charge on any atom is -0.469 e. The van der Waals surface area contributed by atoms with Crippen LogP contribution in [0, 0.1) is 12.8 Å². The molecule has 102 valence electrons. The molecule has 3 N–H and O–H groups in total. The summed E-state index contributed by atoms with van der Waals surface area (Å²) in [7, 11) is 0. The number of hydrogen-bond donors (Lipinski definition) is 2. The SMILES string of the molecule is Cc1cc(-c2nc(N3CCC(CN)CC3)n[nH]2)co1. The lowest BCUT2D eigenvalue weighted by molar-refractivity contribution is 0.411. The van der Waals surface area contributed by atoms with Gasteiger partial charge in [-0.05, 0) is 38.3 Å². The van der Waals surface area contributed by atoms with Crippen molar-refractivity contribution in [2.75, 3.05) is 24.5 Å². The topological polar surface area (TPSA) is 84.0 Å². The van der Waals surface area contributed by atoms with Crippen LogP contribution in [0.1, 0.15) is 18.6 Å². The van der Waals surface area contributed by atoms with Crippen molar-refractivity contribution >= 4 is 5.95 Å². The highest BCUT2D eigenvalue weighted by Crippen LogP contribution is 2.23. The van der Waals surface area contributed by atoms with E-state index in [0.717, 1.165) is 55.6 Å². The molecule has 6 nitrogen and oxygen atoms in total. The molecule has 2 aromatic heterocycles. The van der Waals surface area contributed by atoms with Crippen LogP contribution in [0.5, 0.6) is 0 Å². The van der Waals surface area contributed by atoms with Crippen LogP contribution in [0.4, 0.5) is 5.95 Å². The molecule has 0 amide bonds. The second-order valence-electron chi connectivity index (χ2n) is 5.10. The van der Waals surface area contributed by atoms with E-state index in [4.69, 9.17) is 10.2 Å². The lowest BCUT2D eigenvalue weighted by Gasteiger charge is -2.30. The summed E-state index contributed by atoms with van der Waals surface area (Å²) in [5.74, 6) is 3.04. The van der Waals surface area contributed by atoms with E-state index in [-0.39, 0.29) is 0 Å². The molecule has 19 heavy (non-hydrogen) atoms. The normalized spacial score (nSPS) is 17.1. The molecule has 0 bridgehead atoms. The number of piperidine rings is 1. The first-order chi connectivity index (χ1) is 9.26. The maximum absolute atomic E-state index is 5.70. The molecule has 1 aliphatic heterocycles. The van der Waals surface area contributed by atoms with E-state index in [1.165, 1.54) is 0 Å². The van der Waals surface area contributed by atoms with Crippen LogP contribution in [0.15, 0.2) is 16.7 Å². The fourth-order valence-electron chi connectivity index (χ4n) is 2.46. The fraction of sp³-hybridized carbons (Fsp3) is 0.538. The Bertz CT molecular complexity index is 539. The first-order valence-electron chi connectivity index (χ1n) is 6.69. The van der Waals surface area contributed by atoms with Gasteiger partial charge in [0.05, 0.1) is 5.56 Å². The number of rotatable bonds is 3. The van der Waals surface area contributed by atoms with Gasteiger partial charge in [-0.2, -0.15) is 4.98 Å². The number of H-pyrrole nitrogens is 1. The van der Waals surface area contributed by atoms with Crippen LogP contribution in [0.25, 0.3) is 11.4 Å². The lowest BCUT2D eigenvalue weighted by atomic mass is 9.97. The molecule has 0 aromatic carbocycles. The first kappa shape index (κ1) is 12.2. The van der Waals surface area contributed by atoms with Gasteiger partial charge in [-0.1, -0.05) is 0 Å². The van der Waals surface area contributed by atoms with Crippen LogP contribution in [0.3, 0.4) is 0 Å². The van der Waals surface area contributed by atoms with E-state index >= 15 is 0 Å². The van der Waals surface area contributed by atoms with Crippen LogP contribution < -0.4 is 10.6 Å². The number of nitrogens with two attached hydrogens (primary N) is 1. The Balaban J connectivity index is 1.72. The zero-order valence-electron chi connectivity index (χ0n) is 11.1. The van der Waals surface area contributed by atoms with Crippen molar-refractivity contribution in [2.24, 2.45) is 11.7 Å². The van der Waals surface area contributed by atoms with E-state index in [1.807, 2.05) is 13.0 Å². The summed E-state index contributed by atoms with van der Waals surface area (Å²) >= 11 is 0. The molecule has 0 atom stereocenters. The molecular weight excluding hydrogens is 242 g/mol. The average Bonchev–Trinajstić information content (AvgIpc) is 3.07. The molecule has 1 aliphatic rings. The molecule has 6 heteroatoms. The van der Waals surface area contributed by atoms with Gasteiger partial charge in [0, 0.05) is 13.1 Å². The average molecular weight is 261 g/mol. The predicted molar refractivity (Wildman–Crippen MR) is 72.8 cm³/mol. The van der Waals surface area contributed by atoms with Gasteiger partial charge in [-0.3, -0.25) is 5.10 Å². The number of aryl methyl sites for hydroxylation is 1. The smallest absolute Gasteiger partial charge is 0.245 e. The maximum atomic E-state index is 5.70.